The van der Waals surface area contributed by atoms with Crippen LogP contribution in [0.25, 0.3) is 0 Å². The minimum absolute atomic E-state index is 0.161. The third kappa shape index (κ3) is 2.76. The molecule has 1 aromatic carbocycles. The molecule has 5 heteroatoms. The lowest BCUT2D eigenvalue weighted by Gasteiger charge is -2.31. The molecule has 0 aromatic heterocycles. The van der Waals surface area contributed by atoms with Crippen molar-refractivity contribution in [2.45, 2.75) is 25.7 Å². The van der Waals surface area contributed by atoms with Gasteiger partial charge in [-0.3, -0.25) is 4.99 Å². The maximum absolute atomic E-state index is 13.5. The van der Waals surface area contributed by atoms with Gasteiger partial charge < -0.3 is 5.32 Å². The average Bonchev–Trinajstić information content (AvgIpc) is 2.85. The van der Waals surface area contributed by atoms with E-state index in [1.54, 1.807) is 11.8 Å². The molecule has 1 N–H and O–H groups in total. The van der Waals surface area contributed by atoms with Gasteiger partial charge in [-0.05, 0) is 30.4 Å². The number of benzene rings is 1. The molecule has 1 spiro atoms. The molecule has 19 heavy (non-hydrogen) atoms. The zero-order valence-corrected chi connectivity index (χ0v) is 11.4. The maximum atomic E-state index is 13.5. The summed E-state index contributed by atoms with van der Waals surface area (Å²) < 4.78 is 26.6. The van der Waals surface area contributed by atoms with Crippen LogP contribution in [0.15, 0.2) is 23.2 Å². The minimum Gasteiger partial charge on any atom is -0.333 e. The van der Waals surface area contributed by atoms with Gasteiger partial charge >= 0.3 is 0 Å². The predicted molar refractivity (Wildman–Crippen MR) is 75.6 cm³/mol. The summed E-state index contributed by atoms with van der Waals surface area (Å²) in [7, 11) is 0. The Balaban J connectivity index is 1.71. The first-order valence-corrected chi connectivity index (χ1v) is 7.55. The van der Waals surface area contributed by atoms with Crippen LogP contribution in [-0.4, -0.2) is 17.5 Å². The predicted octanol–water partition coefficient (Wildman–Crippen LogP) is 4.04. The van der Waals surface area contributed by atoms with E-state index >= 15 is 0 Å². The molecule has 102 valence electrons. The second-order valence-electron chi connectivity index (χ2n) is 5.37. The van der Waals surface area contributed by atoms with Gasteiger partial charge in [-0.15, -0.1) is 0 Å². The molecule has 1 aliphatic heterocycles. The van der Waals surface area contributed by atoms with Crippen molar-refractivity contribution >= 4 is 22.6 Å². The molecule has 0 saturated heterocycles. The van der Waals surface area contributed by atoms with Crippen LogP contribution in [-0.2, 0) is 0 Å². The smallest absolute Gasteiger partial charge is 0.161 e. The zero-order valence-electron chi connectivity index (χ0n) is 10.6. The highest BCUT2D eigenvalue weighted by atomic mass is 32.2. The van der Waals surface area contributed by atoms with Crippen molar-refractivity contribution in [1.82, 2.24) is 0 Å². The van der Waals surface area contributed by atoms with E-state index in [0.717, 1.165) is 24.4 Å². The normalized spacial score (nSPS) is 21.5. The fourth-order valence-electron chi connectivity index (χ4n) is 2.76. The summed E-state index contributed by atoms with van der Waals surface area (Å²) >= 11 is 1.62. The third-order valence-electron chi connectivity index (χ3n) is 3.91. The maximum Gasteiger partial charge on any atom is 0.161 e. The molecule has 0 atom stereocenters. The van der Waals surface area contributed by atoms with E-state index in [0.29, 0.717) is 10.6 Å². The Morgan fingerprint density at radius 3 is 2.68 bits per heavy atom. The van der Waals surface area contributed by atoms with E-state index in [1.165, 1.54) is 31.7 Å². The first-order valence-electron chi connectivity index (χ1n) is 6.56. The lowest BCUT2D eigenvalue weighted by atomic mass is 9.89. The monoisotopic (exact) mass is 282 g/mol. The third-order valence-corrected chi connectivity index (χ3v) is 5.17. The van der Waals surface area contributed by atoms with Crippen LogP contribution in [0.2, 0.25) is 0 Å². The van der Waals surface area contributed by atoms with Gasteiger partial charge in [-0.1, -0.05) is 24.6 Å². The largest absolute Gasteiger partial charge is 0.333 e. The second kappa shape index (κ2) is 5.12. The van der Waals surface area contributed by atoms with Crippen molar-refractivity contribution in [2.24, 2.45) is 10.4 Å². The molecule has 3 rings (SSSR count). The van der Waals surface area contributed by atoms with Crippen LogP contribution in [0.1, 0.15) is 25.7 Å². The van der Waals surface area contributed by atoms with Crippen molar-refractivity contribution in [3.8, 4) is 0 Å². The number of nitrogens with one attached hydrogen (secondary N) is 1. The van der Waals surface area contributed by atoms with Gasteiger partial charge in [-0.2, -0.15) is 0 Å². The number of rotatable bonds is 1. The highest BCUT2D eigenvalue weighted by Crippen LogP contribution is 2.43. The van der Waals surface area contributed by atoms with E-state index in [2.05, 4.69) is 10.3 Å². The van der Waals surface area contributed by atoms with Crippen LogP contribution in [0.3, 0.4) is 0 Å². The highest BCUT2D eigenvalue weighted by Gasteiger charge is 2.36. The Hall–Kier alpha value is -1.10. The molecule has 0 unspecified atom stereocenters. The highest BCUT2D eigenvalue weighted by molar-refractivity contribution is 8.14. The van der Waals surface area contributed by atoms with Crippen molar-refractivity contribution < 1.29 is 8.78 Å². The van der Waals surface area contributed by atoms with E-state index in [-0.39, 0.29) is 5.69 Å². The summed E-state index contributed by atoms with van der Waals surface area (Å²) in [5.41, 5.74) is 0.518. The Morgan fingerprint density at radius 1 is 1.21 bits per heavy atom. The molecule has 0 amide bonds. The fourth-order valence-corrected chi connectivity index (χ4v) is 3.92. The number of thioether (sulfide) groups is 1. The summed E-state index contributed by atoms with van der Waals surface area (Å²) in [5, 5.41) is 3.59. The van der Waals surface area contributed by atoms with Gasteiger partial charge in [0.25, 0.3) is 0 Å². The lowest BCUT2D eigenvalue weighted by Crippen LogP contribution is -2.30. The molecule has 1 heterocycles. The molecule has 1 saturated carbocycles. The van der Waals surface area contributed by atoms with Gasteiger partial charge in [0, 0.05) is 18.4 Å². The Morgan fingerprint density at radius 2 is 2.00 bits per heavy atom. The molecule has 2 aliphatic rings. The number of amidine groups is 1. The topological polar surface area (TPSA) is 24.4 Å². The molecule has 2 nitrogen and oxygen atoms in total. The summed E-state index contributed by atoms with van der Waals surface area (Å²) in [5.74, 6) is 0.124. The molecule has 0 radical (unpaired) electrons. The SMILES string of the molecule is Fc1ccc(F)c(NC2=NCC3(CCCC3)CS2)c1. The number of aliphatic imine (C=N–C) groups is 1. The van der Waals surface area contributed by atoms with Crippen LogP contribution in [0.5, 0.6) is 0 Å². The number of nitrogens with zero attached hydrogens (tertiary/aromatic N) is 1. The standard InChI is InChI=1S/C14H16F2N2S/c15-10-3-4-11(16)12(7-10)18-13-17-8-14(9-19-13)5-1-2-6-14/h3-4,7H,1-2,5-6,8-9H2,(H,17,18). The van der Waals surface area contributed by atoms with E-state index in [1.807, 2.05) is 0 Å². The van der Waals surface area contributed by atoms with Crippen LogP contribution < -0.4 is 5.32 Å². The van der Waals surface area contributed by atoms with Gasteiger partial charge in [0.2, 0.25) is 0 Å². The van der Waals surface area contributed by atoms with E-state index in [4.69, 9.17) is 0 Å². The molecule has 1 aliphatic carbocycles. The van der Waals surface area contributed by atoms with Crippen molar-refractivity contribution in [3.05, 3.63) is 29.8 Å². The van der Waals surface area contributed by atoms with Gasteiger partial charge in [-0.25, -0.2) is 8.78 Å². The Bertz CT molecular complexity index is 510. The summed E-state index contributed by atoms with van der Waals surface area (Å²) in [6, 6.07) is 3.41. The van der Waals surface area contributed by atoms with Gasteiger partial charge in [0.05, 0.1) is 5.69 Å². The van der Waals surface area contributed by atoms with Gasteiger partial charge in [0.15, 0.2) is 5.17 Å². The van der Waals surface area contributed by atoms with E-state index < -0.39 is 11.6 Å². The Labute approximate surface area is 115 Å². The number of halogens is 2. The van der Waals surface area contributed by atoms with Crippen molar-refractivity contribution in [2.75, 3.05) is 17.6 Å². The van der Waals surface area contributed by atoms with Crippen LogP contribution >= 0.6 is 11.8 Å². The van der Waals surface area contributed by atoms with E-state index in [9.17, 15) is 8.78 Å². The molecule has 0 bridgehead atoms. The van der Waals surface area contributed by atoms with Crippen molar-refractivity contribution in [1.29, 1.82) is 0 Å². The quantitative estimate of drug-likeness (QED) is 0.840. The number of hydrogen-bond acceptors (Lipinski definition) is 3. The molecule has 1 aromatic rings. The first kappa shape index (κ1) is 12.9. The fraction of sp³-hybridized carbons (Fsp3) is 0.500. The summed E-state index contributed by atoms with van der Waals surface area (Å²) in [6.07, 6.45) is 5.06. The molecule has 1 fully saturated rings. The molecular formula is C14H16F2N2S. The van der Waals surface area contributed by atoms with Crippen LogP contribution in [0.4, 0.5) is 14.5 Å². The first-order chi connectivity index (χ1) is 9.17. The summed E-state index contributed by atoms with van der Waals surface area (Å²) in [6.45, 7) is 0.805. The van der Waals surface area contributed by atoms with Crippen LogP contribution in [0, 0.1) is 17.0 Å². The number of anilines is 1. The van der Waals surface area contributed by atoms with Crippen molar-refractivity contribution in [3.63, 3.8) is 0 Å². The average molecular weight is 282 g/mol. The second-order valence-corrected chi connectivity index (χ2v) is 6.33. The summed E-state index contributed by atoms with van der Waals surface area (Å²) in [4.78, 5) is 4.51. The zero-order chi connectivity index (χ0) is 13.3. The minimum atomic E-state index is -0.453. The number of hydrogen-bond donors (Lipinski definition) is 1. The Kier molecular flexibility index (Phi) is 3.48. The van der Waals surface area contributed by atoms with Gasteiger partial charge in [0.1, 0.15) is 11.6 Å². The molecular weight excluding hydrogens is 266 g/mol. The lowest BCUT2D eigenvalue weighted by molar-refractivity contribution is 0.359.